The summed E-state index contributed by atoms with van der Waals surface area (Å²) in [4.78, 5) is 38.3. The van der Waals surface area contributed by atoms with Gasteiger partial charge in [0.25, 0.3) is 0 Å². The molecule has 0 saturated carbocycles. The van der Waals surface area contributed by atoms with Gasteiger partial charge in [-0.2, -0.15) is 0 Å². The fraction of sp³-hybridized carbons (Fsp3) is 0.188. The summed E-state index contributed by atoms with van der Waals surface area (Å²) in [6, 6.07) is 22.0. The van der Waals surface area contributed by atoms with Crippen molar-refractivity contribution in [1.82, 2.24) is 19.4 Å². The van der Waals surface area contributed by atoms with E-state index in [-0.39, 0.29) is 17.3 Å². The number of benzene rings is 2. The van der Waals surface area contributed by atoms with Crippen LogP contribution >= 0.6 is 34.4 Å². The lowest BCUT2D eigenvalue weighted by Crippen LogP contribution is -2.31. The van der Waals surface area contributed by atoms with Crippen molar-refractivity contribution < 1.29 is 14.7 Å². The van der Waals surface area contributed by atoms with Crippen LogP contribution in [0.3, 0.4) is 0 Å². The van der Waals surface area contributed by atoms with E-state index < -0.39 is 5.97 Å². The number of hydrogen-bond donors (Lipinski definition) is 1. The van der Waals surface area contributed by atoms with Crippen LogP contribution < -0.4 is 0 Å². The number of thiophene rings is 1. The molecule has 1 fully saturated rings. The van der Waals surface area contributed by atoms with Crippen LogP contribution in [0.4, 0.5) is 0 Å². The molecule has 0 unspecified atom stereocenters. The number of pyridine rings is 1. The van der Waals surface area contributed by atoms with Gasteiger partial charge in [0.1, 0.15) is 11.4 Å². The molecule has 0 bridgehead atoms. The third-order valence-corrected chi connectivity index (χ3v) is 10.7. The minimum atomic E-state index is -0.968. The molecule has 5 heterocycles. The van der Waals surface area contributed by atoms with Gasteiger partial charge < -0.3 is 14.6 Å². The molecule has 1 N–H and O–H groups in total. The van der Waals surface area contributed by atoms with E-state index >= 15 is 0 Å². The highest BCUT2D eigenvalue weighted by molar-refractivity contribution is 7.99. The van der Waals surface area contributed by atoms with Gasteiger partial charge in [0.2, 0.25) is 5.91 Å². The predicted molar refractivity (Wildman–Crippen MR) is 173 cm³/mol. The number of hydrogen-bond acceptors (Lipinski definition) is 7. The van der Waals surface area contributed by atoms with E-state index in [0.717, 1.165) is 77.1 Å². The first-order valence-electron chi connectivity index (χ1n) is 13.5. The Kier molecular flexibility index (Phi) is 6.84. The SMILES string of the molecule is Cc1nc(C)c(-c2ccc3cc(-c4c(-c5ccccc5)c5sc(C(=O)O)cc5n4CC(=O)N4CCSC4)ccc3n2)s1. The minimum absolute atomic E-state index is 0.0307. The summed E-state index contributed by atoms with van der Waals surface area (Å²) in [5.74, 6) is 0.668. The molecule has 0 atom stereocenters. The number of fused-ring (bicyclic) bond motifs is 2. The van der Waals surface area contributed by atoms with Gasteiger partial charge in [-0.15, -0.1) is 34.4 Å². The highest BCUT2D eigenvalue weighted by atomic mass is 32.2. The van der Waals surface area contributed by atoms with E-state index in [0.29, 0.717) is 5.88 Å². The second-order valence-corrected chi connectivity index (χ2v) is 13.6. The zero-order chi connectivity index (χ0) is 29.0. The zero-order valence-electron chi connectivity index (χ0n) is 23.0. The van der Waals surface area contributed by atoms with Crippen molar-refractivity contribution in [3.63, 3.8) is 0 Å². The number of aryl methyl sites for hydroxylation is 2. The molecule has 1 aliphatic rings. The number of thiazole rings is 1. The van der Waals surface area contributed by atoms with Crippen molar-refractivity contribution in [3.05, 3.63) is 82.3 Å². The van der Waals surface area contributed by atoms with E-state index in [1.165, 1.54) is 11.3 Å². The number of thioether (sulfide) groups is 1. The zero-order valence-corrected chi connectivity index (χ0v) is 25.4. The molecule has 1 amide bonds. The second kappa shape index (κ2) is 10.7. The topological polar surface area (TPSA) is 88.3 Å². The standard InChI is InChI=1S/C32H26N4O3S3/c1-18-30(41-19(2)33-18)24-11-8-21-14-22(9-10-23(21)34-24)29-28(20-6-4-3-5-7-20)31-25(15-26(42-31)32(38)39)36(29)16-27(37)35-12-13-40-17-35/h3-11,14-15H,12-13,16-17H2,1-2H3,(H,38,39). The van der Waals surface area contributed by atoms with Crippen LogP contribution in [0.15, 0.2) is 66.7 Å². The Morgan fingerprint density at radius 1 is 0.952 bits per heavy atom. The molecular weight excluding hydrogens is 585 g/mol. The van der Waals surface area contributed by atoms with Crippen LogP contribution in [-0.4, -0.2) is 54.6 Å². The Morgan fingerprint density at radius 2 is 1.79 bits per heavy atom. The van der Waals surface area contributed by atoms with Crippen LogP contribution in [-0.2, 0) is 11.3 Å². The number of aromatic carboxylic acids is 1. The molecule has 7 rings (SSSR count). The largest absolute Gasteiger partial charge is 0.477 e. The van der Waals surface area contributed by atoms with Gasteiger partial charge >= 0.3 is 5.97 Å². The normalized spacial score (nSPS) is 13.4. The van der Waals surface area contributed by atoms with Crippen LogP contribution in [0.5, 0.6) is 0 Å². The number of nitrogens with zero attached hydrogens (tertiary/aromatic N) is 4. The Hall–Kier alpha value is -3.99. The van der Waals surface area contributed by atoms with E-state index in [1.807, 2.05) is 65.8 Å². The first-order chi connectivity index (χ1) is 20.4. The molecule has 42 heavy (non-hydrogen) atoms. The lowest BCUT2D eigenvalue weighted by atomic mass is 10.00. The highest BCUT2D eigenvalue weighted by Gasteiger charge is 2.27. The fourth-order valence-corrected chi connectivity index (χ4v) is 8.51. The maximum Gasteiger partial charge on any atom is 0.345 e. The van der Waals surface area contributed by atoms with Crippen molar-refractivity contribution in [3.8, 4) is 33.0 Å². The summed E-state index contributed by atoms with van der Waals surface area (Å²) < 4.78 is 2.88. The second-order valence-electron chi connectivity index (χ2n) is 10.3. The summed E-state index contributed by atoms with van der Waals surface area (Å²) in [5, 5.41) is 11.9. The molecule has 0 radical (unpaired) electrons. The summed E-state index contributed by atoms with van der Waals surface area (Å²) in [5.41, 5.74) is 7.28. The van der Waals surface area contributed by atoms with Crippen LogP contribution in [0.25, 0.3) is 54.1 Å². The molecule has 2 aromatic carbocycles. The lowest BCUT2D eigenvalue weighted by molar-refractivity contribution is -0.130. The minimum Gasteiger partial charge on any atom is -0.477 e. The van der Waals surface area contributed by atoms with Crippen molar-refractivity contribution in [2.45, 2.75) is 20.4 Å². The molecule has 1 saturated heterocycles. The smallest absolute Gasteiger partial charge is 0.345 e. The average molecular weight is 611 g/mol. The lowest BCUT2D eigenvalue weighted by Gasteiger charge is -2.18. The number of carbonyl (C=O) groups is 2. The fourth-order valence-electron chi connectivity index (χ4n) is 5.58. The maximum atomic E-state index is 13.5. The number of aromatic nitrogens is 3. The maximum absolute atomic E-state index is 13.5. The summed E-state index contributed by atoms with van der Waals surface area (Å²) in [7, 11) is 0. The third-order valence-electron chi connectivity index (χ3n) is 7.51. The van der Waals surface area contributed by atoms with Gasteiger partial charge in [0.05, 0.1) is 48.6 Å². The molecule has 0 aliphatic carbocycles. The Labute approximate surface area is 254 Å². The number of rotatable bonds is 6. The van der Waals surface area contributed by atoms with Gasteiger partial charge in [0.15, 0.2) is 0 Å². The average Bonchev–Trinajstić information content (AvgIpc) is 3.78. The van der Waals surface area contributed by atoms with Gasteiger partial charge in [0, 0.05) is 23.2 Å². The number of carboxylic acid groups (broad SMARTS) is 1. The van der Waals surface area contributed by atoms with Crippen LogP contribution in [0.2, 0.25) is 0 Å². The van der Waals surface area contributed by atoms with E-state index in [2.05, 4.69) is 23.2 Å². The summed E-state index contributed by atoms with van der Waals surface area (Å²) in [6.45, 7) is 4.87. The van der Waals surface area contributed by atoms with Crippen molar-refractivity contribution >= 4 is 67.4 Å². The number of carboxylic acids is 1. The molecule has 0 spiro atoms. The highest BCUT2D eigenvalue weighted by Crippen LogP contribution is 2.45. The van der Waals surface area contributed by atoms with E-state index in [9.17, 15) is 14.7 Å². The Morgan fingerprint density at radius 3 is 2.50 bits per heavy atom. The van der Waals surface area contributed by atoms with Gasteiger partial charge in [-0.25, -0.2) is 14.8 Å². The van der Waals surface area contributed by atoms with Crippen molar-refractivity contribution in [1.29, 1.82) is 0 Å². The van der Waals surface area contributed by atoms with Crippen molar-refractivity contribution in [2.75, 3.05) is 18.2 Å². The number of carbonyl (C=O) groups excluding carboxylic acids is 1. The molecule has 7 nitrogen and oxygen atoms in total. The first-order valence-corrected chi connectivity index (χ1v) is 16.3. The van der Waals surface area contributed by atoms with Gasteiger partial charge in [-0.3, -0.25) is 4.79 Å². The summed E-state index contributed by atoms with van der Waals surface area (Å²) >= 11 is 4.65. The van der Waals surface area contributed by atoms with Crippen LogP contribution in [0, 0.1) is 13.8 Å². The van der Waals surface area contributed by atoms with Crippen molar-refractivity contribution in [2.24, 2.45) is 0 Å². The molecule has 6 aromatic rings. The monoisotopic (exact) mass is 610 g/mol. The quantitative estimate of drug-likeness (QED) is 0.209. The molecule has 210 valence electrons. The van der Waals surface area contributed by atoms with Gasteiger partial charge in [-0.05, 0) is 49.2 Å². The van der Waals surface area contributed by atoms with Crippen LogP contribution in [0.1, 0.15) is 20.4 Å². The Bertz CT molecular complexity index is 2000. The first kappa shape index (κ1) is 26.9. The molecule has 10 heteroatoms. The molecular formula is C32H26N4O3S3. The molecule has 1 aliphatic heterocycles. The Balaban J connectivity index is 1.43. The van der Waals surface area contributed by atoms with Gasteiger partial charge in [-0.1, -0.05) is 42.5 Å². The number of amides is 1. The predicted octanol–water partition coefficient (Wildman–Crippen LogP) is 7.56. The third kappa shape index (κ3) is 4.69. The van der Waals surface area contributed by atoms with E-state index in [4.69, 9.17) is 4.98 Å². The molecule has 4 aromatic heterocycles. The van der Waals surface area contributed by atoms with E-state index in [1.54, 1.807) is 29.2 Å². The summed E-state index contributed by atoms with van der Waals surface area (Å²) in [6.07, 6.45) is 0.